The number of carbonyl (C=O) groups excluding carboxylic acids is 2. The molecule has 0 radical (unpaired) electrons. The summed E-state index contributed by atoms with van der Waals surface area (Å²) in [4.78, 5) is 23.2. The predicted molar refractivity (Wildman–Crippen MR) is 74.4 cm³/mol. The van der Waals surface area contributed by atoms with Gasteiger partial charge in [0.05, 0.1) is 7.11 Å². The molecule has 0 amide bonds. The highest BCUT2D eigenvalue weighted by Gasteiger charge is 2.31. The molecule has 0 bridgehead atoms. The van der Waals surface area contributed by atoms with Crippen LogP contribution in [0.3, 0.4) is 0 Å². The summed E-state index contributed by atoms with van der Waals surface area (Å²) in [5.74, 6) is -0.248. The Hall–Kier alpha value is -1.42. The monoisotopic (exact) mass is 264 g/mol. The summed E-state index contributed by atoms with van der Waals surface area (Å²) in [7, 11) is -0.688. The van der Waals surface area contributed by atoms with Gasteiger partial charge < -0.3 is 9.53 Å². The van der Waals surface area contributed by atoms with E-state index in [-0.39, 0.29) is 11.4 Å². The second-order valence-electron chi connectivity index (χ2n) is 4.84. The third-order valence-electron chi connectivity index (χ3n) is 3.20. The van der Waals surface area contributed by atoms with Crippen LogP contribution in [0.25, 0.3) is 0 Å². The lowest BCUT2D eigenvalue weighted by Crippen LogP contribution is -2.49. The minimum atomic E-state index is -2.06. The molecule has 0 atom stereocenters. The molecule has 0 heterocycles. The van der Waals surface area contributed by atoms with Gasteiger partial charge in [0.15, 0.2) is 8.07 Å². The van der Waals surface area contributed by atoms with Crippen LogP contribution in [0.1, 0.15) is 19.3 Å². The zero-order valence-electron chi connectivity index (χ0n) is 11.2. The van der Waals surface area contributed by atoms with Crippen LogP contribution in [0, 0.1) is 0 Å². The predicted octanol–water partition coefficient (Wildman–Crippen LogP) is 2.05. The first-order valence-corrected chi connectivity index (χ1v) is 9.14. The lowest BCUT2D eigenvalue weighted by Gasteiger charge is -2.21. The van der Waals surface area contributed by atoms with Crippen LogP contribution in [-0.4, -0.2) is 26.6 Å². The Balaban J connectivity index is 2.58. The van der Waals surface area contributed by atoms with Crippen LogP contribution in [0.4, 0.5) is 0 Å². The summed E-state index contributed by atoms with van der Waals surface area (Å²) in [5.41, 5.74) is 0. The van der Waals surface area contributed by atoms with Crippen LogP contribution in [-0.2, 0) is 14.3 Å². The molecule has 0 saturated heterocycles. The Morgan fingerprint density at radius 1 is 1.11 bits per heavy atom. The van der Waals surface area contributed by atoms with E-state index in [1.165, 1.54) is 7.11 Å². The molecule has 0 aromatic heterocycles. The number of hydrogen-bond donors (Lipinski definition) is 0. The lowest BCUT2D eigenvalue weighted by atomic mass is 10.2. The van der Waals surface area contributed by atoms with Crippen molar-refractivity contribution in [2.45, 2.75) is 32.4 Å². The largest absolute Gasteiger partial charge is 0.469 e. The summed E-state index contributed by atoms with van der Waals surface area (Å²) in [6.45, 7) is 4.12. The molecule has 0 aliphatic carbocycles. The van der Waals surface area contributed by atoms with Gasteiger partial charge in [-0.05, 0) is 6.42 Å². The molecular weight excluding hydrogens is 244 g/mol. The SMILES string of the molecule is COC(=O)CCCC(=O)[Si](C)(C)c1ccccc1. The molecule has 4 heteroatoms. The van der Waals surface area contributed by atoms with Crippen LogP contribution in [0.2, 0.25) is 13.1 Å². The molecule has 0 fully saturated rings. The minimum absolute atomic E-state index is 0.248. The summed E-state index contributed by atoms with van der Waals surface area (Å²) < 4.78 is 4.56. The fourth-order valence-electron chi connectivity index (χ4n) is 1.82. The molecule has 18 heavy (non-hydrogen) atoms. The third-order valence-corrected chi connectivity index (χ3v) is 6.63. The zero-order valence-corrected chi connectivity index (χ0v) is 12.2. The van der Waals surface area contributed by atoms with Crippen molar-refractivity contribution in [2.75, 3.05) is 7.11 Å². The van der Waals surface area contributed by atoms with Crippen molar-refractivity contribution in [3.63, 3.8) is 0 Å². The number of hydrogen-bond acceptors (Lipinski definition) is 3. The Morgan fingerprint density at radius 2 is 1.72 bits per heavy atom. The highest BCUT2D eigenvalue weighted by Crippen LogP contribution is 2.10. The zero-order chi connectivity index (χ0) is 13.6. The van der Waals surface area contributed by atoms with E-state index in [4.69, 9.17) is 0 Å². The molecule has 3 nitrogen and oxygen atoms in total. The average Bonchev–Trinajstić information content (AvgIpc) is 2.39. The van der Waals surface area contributed by atoms with Crippen LogP contribution in [0.5, 0.6) is 0 Å². The van der Waals surface area contributed by atoms with Crippen molar-refractivity contribution in [3.8, 4) is 0 Å². The molecule has 0 saturated carbocycles. The molecule has 0 unspecified atom stereocenters. The van der Waals surface area contributed by atoms with Gasteiger partial charge in [0, 0.05) is 12.8 Å². The van der Waals surface area contributed by atoms with E-state index >= 15 is 0 Å². The Bertz CT molecular complexity index is 412. The molecule has 0 spiro atoms. The lowest BCUT2D eigenvalue weighted by molar-refractivity contribution is -0.140. The summed E-state index contributed by atoms with van der Waals surface area (Å²) in [5, 5.41) is 1.44. The average molecular weight is 264 g/mol. The van der Waals surface area contributed by atoms with E-state index in [1.54, 1.807) is 0 Å². The fourth-order valence-corrected chi connectivity index (χ4v) is 3.97. The highest BCUT2D eigenvalue weighted by atomic mass is 28.3. The molecule has 1 rings (SSSR count). The van der Waals surface area contributed by atoms with E-state index in [0.29, 0.717) is 19.3 Å². The van der Waals surface area contributed by atoms with Crippen molar-refractivity contribution in [1.82, 2.24) is 0 Å². The van der Waals surface area contributed by atoms with Crippen molar-refractivity contribution < 1.29 is 14.3 Å². The summed E-state index contributed by atoms with van der Waals surface area (Å²) in [6.07, 6.45) is 1.36. The maximum Gasteiger partial charge on any atom is 0.305 e. The molecule has 0 aliphatic heterocycles. The van der Waals surface area contributed by atoms with E-state index in [0.717, 1.165) is 5.19 Å². The molecule has 1 aromatic rings. The third kappa shape index (κ3) is 3.80. The Morgan fingerprint density at radius 3 is 2.28 bits per heavy atom. The van der Waals surface area contributed by atoms with Crippen LogP contribution < -0.4 is 5.19 Å². The first kappa shape index (κ1) is 14.6. The van der Waals surface area contributed by atoms with Crippen molar-refractivity contribution in [2.24, 2.45) is 0 Å². The summed E-state index contributed by atoms with van der Waals surface area (Å²) >= 11 is 0. The first-order chi connectivity index (χ1) is 8.48. The van der Waals surface area contributed by atoms with Gasteiger partial charge in [-0.2, -0.15) is 0 Å². The molecule has 0 aliphatic rings. The Labute approximate surface area is 109 Å². The maximum atomic E-state index is 12.2. The topological polar surface area (TPSA) is 43.4 Å². The van der Waals surface area contributed by atoms with Gasteiger partial charge >= 0.3 is 5.97 Å². The number of carbonyl (C=O) groups is 2. The van der Waals surface area contributed by atoms with E-state index < -0.39 is 8.07 Å². The van der Waals surface area contributed by atoms with Crippen molar-refractivity contribution in [3.05, 3.63) is 30.3 Å². The van der Waals surface area contributed by atoms with Gasteiger partial charge in [-0.25, -0.2) is 0 Å². The molecule has 1 aromatic carbocycles. The van der Waals surface area contributed by atoms with E-state index in [1.807, 2.05) is 30.3 Å². The molecular formula is C14H20O3Si. The van der Waals surface area contributed by atoms with Crippen LogP contribution >= 0.6 is 0 Å². The smallest absolute Gasteiger partial charge is 0.305 e. The van der Waals surface area contributed by atoms with E-state index in [9.17, 15) is 9.59 Å². The van der Waals surface area contributed by atoms with Gasteiger partial charge in [-0.3, -0.25) is 4.79 Å². The standard InChI is InChI=1S/C14H20O3Si/c1-17-13(15)10-7-11-14(16)18(2,3)12-8-5-4-6-9-12/h4-6,8-9H,7,10-11H2,1-3H3. The van der Waals surface area contributed by atoms with Gasteiger partial charge in [-0.1, -0.05) is 48.6 Å². The molecule has 0 N–H and O–H groups in total. The van der Waals surface area contributed by atoms with Crippen molar-refractivity contribution in [1.29, 1.82) is 0 Å². The van der Waals surface area contributed by atoms with Crippen molar-refractivity contribution >= 4 is 24.6 Å². The van der Waals surface area contributed by atoms with Gasteiger partial charge in [0.25, 0.3) is 0 Å². The Kier molecular flexibility index (Phi) is 5.28. The molecule has 98 valence electrons. The van der Waals surface area contributed by atoms with Gasteiger partial charge in [-0.15, -0.1) is 0 Å². The number of esters is 1. The maximum absolute atomic E-state index is 12.2. The first-order valence-electron chi connectivity index (χ1n) is 6.14. The normalized spacial score (nSPS) is 11.1. The number of ether oxygens (including phenoxy) is 1. The highest BCUT2D eigenvalue weighted by molar-refractivity contribution is 7.13. The second kappa shape index (κ2) is 6.49. The van der Waals surface area contributed by atoms with Crippen LogP contribution in [0.15, 0.2) is 30.3 Å². The number of methoxy groups -OCH3 is 1. The number of rotatable bonds is 6. The van der Waals surface area contributed by atoms with Gasteiger partial charge in [0.1, 0.15) is 5.41 Å². The van der Waals surface area contributed by atoms with Gasteiger partial charge in [0.2, 0.25) is 0 Å². The minimum Gasteiger partial charge on any atom is -0.469 e. The quantitative estimate of drug-likeness (QED) is 0.583. The fraction of sp³-hybridized carbons (Fsp3) is 0.429. The summed E-state index contributed by atoms with van der Waals surface area (Å²) in [6, 6.07) is 9.92. The second-order valence-corrected chi connectivity index (χ2v) is 9.23. The van der Waals surface area contributed by atoms with E-state index in [2.05, 4.69) is 17.8 Å². The number of benzene rings is 1.